The van der Waals surface area contributed by atoms with E-state index < -0.39 is 0 Å². The molecule has 0 aromatic carbocycles. The van der Waals surface area contributed by atoms with Crippen molar-refractivity contribution < 1.29 is 0 Å². The van der Waals surface area contributed by atoms with Crippen LogP contribution >= 0.6 is 50.6 Å². The highest BCUT2D eigenvalue weighted by molar-refractivity contribution is 9.11. The molecule has 0 atom stereocenters. The van der Waals surface area contributed by atoms with Gasteiger partial charge in [0.15, 0.2) is 8.26 Å². The van der Waals surface area contributed by atoms with Gasteiger partial charge in [-0.05, 0) is 39.8 Å². The third-order valence-electron chi connectivity index (χ3n) is 1.27. The summed E-state index contributed by atoms with van der Waals surface area (Å²) in [4.78, 5) is 4.14. The average Bonchev–Trinajstić information content (AvgIpc) is 2.56. The molecule has 2 aromatic heterocycles. The SMILES string of the molecule is Clc1ccc(Sc2nnc(Br)s2)nc1. The second kappa shape index (κ2) is 4.57. The molecule has 2 heterocycles. The number of aromatic nitrogens is 3. The largest absolute Gasteiger partial charge is 0.248 e. The van der Waals surface area contributed by atoms with E-state index in [0.29, 0.717) is 5.02 Å². The van der Waals surface area contributed by atoms with Crippen LogP contribution in [0.15, 0.2) is 31.6 Å². The molecule has 0 fully saturated rings. The zero-order valence-electron chi connectivity index (χ0n) is 6.65. The molecule has 14 heavy (non-hydrogen) atoms. The van der Waals surface area contributed by atoms with Crippen molar-refractivity contribution in [2.24, 2.45) is 0 Å². The fourth-order valence-corrected chi connectivity index (χ4v) is 3.19. The number of hydrogen-bond donors (Lipinski definition) is 0. The Labute approximate surface area is 102 Å². The molecule has 0 bridgehead atoms. The van der Waals surface area contributed by atoms with E-state index in [4.69, 9.17) is 11.6 Å². The van der Waals surface area contributed by atoms with Gasteiger partial charge >= 0.3 is 0 Å². The van der Waals surface area contributed by atoms with Crippen LogP contribution in [0.25, 0.3) is 0 Å². The maximum absolute atomic E-state index is 5.71. The van der Waals surface area contributed by atoms with E-state index in [1.54, 1.807) is 12.3 Å². The van der Waals surface area contributed by atoms with E-state index in [2.05, 4.69) is 31.1 Å². The standard InChI is InChI=1S/C7H3BrClN3S2/c8-6-11-12-7(14-6)13-5-2-1-4(9)3-10-5/h1-3H. The third-order valence-corrected chi connectivity index (χ3v) is 3.85. The summed E-state index contributed by atoms with van der Waals surface area (Å²) < 4.78 is 1.63. The molecule has 0 aliphatic carbocycles. The van der Waals surface area contributed by atoms with Crippen LogP contribution in [0.4, 0.5) is 0 Å². The molecule has 72 valence electrons. The van der Waals surface area contributed by atoms with Crippen molar-refractivity contribution in [2.75, 3.05) is 0 Å². The molecule has 0 aliphatic rings. The first kappa shape index (κ1) is 10.4. The predicted octanol–water partition coefficient (Wildman–Crippen LogP) is 3.50. The molecule has 0 N–H and O–H groups in total. The summed E-state index contributed by atoms with van der Waals surface area (Å²) in [6, 6.07) is 3.65. The summed E-state index contributed by atoms with van der Waals surface area (Å²) in [6.07, 6.45) is 1.61. The van der Waals surface area contributed by atoms with E-state index in [-0.39, 0.29) is 0 Å². The molecule has 7 heteroatoms. The highest BCUT2D eigenvalue weighted by Crippen LogP contribution is 2.30. The van der Waals surface area contributed by atoms with Crippen molar-refractivity contribution >= 4 is 50.6 Å². The van der Waals surface area contributed by atoms with Gasteiger partial charge in [-0.2, -0.15) is 0 Å². The summed E-state index contributed by atoms with van der Waals surface area (Å²) in [7, 11) is 0. The number of rotatable bonds is 2. The average molecular weight is 309 g/mol. The summed E-state index contributed by atoms with van der Waals surface area (Å²) in [5.74, 6) is 0. The first-order chi connectivity index (χ1) is 6.74. The molecule has 0 radical (unpaired) electrons. The van der Waals surface area contributed by atoms with Gasteiger partial charge in [0.2, 0.25) is 0 Å². The second-order valence-electron chi connectivity index (χ2n) is 2.24. The van der Waals surface area contributed by atoms with Crippen molar-refractivity contribution in [1.29, 1.82) is 0 Å². The topological polar surface area (TPSA) is 38.7 Å². The second-order valence-corrected chi connectivity index (χ2v) is 6.20. The number of pyridine rings is 1. The molecule has 3 nitrogen and oxygen atoms in total. The Hall–Kier alpha value is -0.170. The first-order valence-corrected chi connectivity index (χ1v) is 6.33. The molecule has 0 unspecified atom stereocenters. The number of nitrogens with zero attached hydrogens (tertiary/aromatic N) is 3. The Bertz CT molecular complexity index is 431. The van der Waals surface area contributed by atoms with Gasteiger partial charge in [0.1, 0.15) is 5.03 Å². The summed E-state index contributed by atoms with van der Waals surface area (Å²) in [6.45, 7) is 0. The lowest BCUT2D eigenvalue weighted by molar-refractivity contribution is 0.993. The van der Waals surface area contributed by atoms with Crippen LogP contribution in [-0.2, 0) is 0 Å². The van der Waals surface area contributed by atoms with Crippen LogP contribution in [0.2, 0.25) is 5.02 Å². The lowest BCUT2D eigenvalue weighted by Gasteiger charge is -1.94. The Morgan fingerprint density at radius 2 is 2.21 bits per heavy atom. The van der Waals surface area contributed by atoms with Crippen LogP contribution < -0.4 is 0 Å². The monoisotopic (exact) mass is 307 g/mol. The quantitative estimate of drug-likeness (QED) is 0.851. The van der Waals surface area contributed by atoms with Gasteiger partial charge in [0, 0.05) is 6.20 Å². The Morgan fingerprint density at radius 3 is 2.79 bits per heavy atom. The van der Waals surface area contributed by atoms with Crippen molar-refractivity contribution in [3.05, 3.63) is 27.3 Å². The normalized spacial score (nSPS) is 10.4. The minimum Gasteiger partial charge on any atom is -0.248 e. The Balaban J connectivity index is 2.15. The minimum atomic E-state index is 0.632. The van der Waals surface area contributed by atoms with Gasteiger partial charge < -0.3 is 0 Å². The highest BCUT2D eigenvalue weighted by atomic mass is 79.9. The summed E-state index contributed by atoms with van der Waals surface area (Å²) >= 11 is 11.9. The van der Waals surface area contributed by atoms with Crippen LogP contribution in [0.1, 0.15) is 0 Å². The summed E-state index contributed by atoms with van der Waals surface area (Å²) in [5, 5.41) is 9.28. The first-order valence-electron chi connectivity index (χ1n) is 3.52. The Morgan fingerprint density at radius 1 is 1.36 bits per heavy atom. The zero-order valence-corrected chi connectivity index (χ0v) is 10.6. The van der Waals surface area contributed by atoms with E-state index >= 15 is 0 Å². The fourth-order valence-electron chi connectivity index (χ4n) is 0.746. The number of hydrogen-bond acceptors (Lipinski definition) is 5. The van der Waals surface area contributed by atoms with Crippen molar-refractivity contribution in [3.8, 4) is 0 Å². The predicted molar refractivity (Wildman–Crippen MR) is 61.0 cm³/mol. The zero-order chi connectivity index (χ0) is 9.97. The van der Waals surface area contributed by atoms with Gasteiger partial charge in [-0.25, -0.2) is 4.98 Å². The molecular weight excluding hydrogens is 306 g/mol. The molecule has 0 saturated carbocycles. The van der Waals surface area contributed by atoms with Gasteiger partial charge in [-0.15, -0.1) is 10.2 Å². The van der Waals surface area contributed by atoms with Crippen LogP contribution in [0, 0.1) is 0 Å². The van der Waals surface area contributed by atoms with Crippen LogP contribution in [0.3, 0.4) is 0 Å². The molecule has 2 rings (SSSR count). The van der Waals surface area contributed by atoms with Gasteiger partial charge in [-0.1, -0.05) is 22.9 Å². The van der Waals surface area contributed by atoms with Crippen LogP contribution in [-0.4, -0.2) is 15.2 Å². The lowest BCUT2D eigenvalue weighted by Crippen LogP contribution is -1.78. The maximum atomic E-state index is 5.71. The molecular formula is C7H3BrClN3S2. The smallest absolute Gasteiger partial charge is 0.184 e. The van der Waals surface area contributed by atoms with E-state index in [0.717, 1.165) is 13.3 Å². The Kier molecular flexibility index (Phi) is 3.38. The van der Waals surface area contributed by atoms with Crippen molar-refractivity contribution in [3.63, 3.8) is 0 Å². The van der Waals surface area contributed by atoms with Gasteiger partial charge in [-0.3, -0.25) is 0 Å². The molecule has 0 saturated heterocycles. The van der Waals surface area contributed by atoms with E-state index in [1.165, 1.54) is 23.1 Å². The third kappa shape index (κ3) is 2.66. The van der Waals surface area contributed by atoms with Gasteiger partial charge in [0.25, 0.3) is 0 Å². The molecule has 2 aromatic rings. The highest BCUT2D eigenvalue weighted by Gasteiger charge is 2.04. The number of halogens is 2. The van der Waals surface area contributed by atoms with Crippen LogP contribution in [0.5, 0.6) is 0 Å². The van der Waals surface area contributed by atoms with Gasteiger partial charge in [0.05, 0.1) is 5.02 Å². The summed E-state index contributed by atoms with van der Waals surface area (Å²) in [5.41, 5.74) is 0. The fraction of sp³-hybridized carbons (Fsp3) is 0. The molecule has 0 spiro atoms. The maximum Gasteiger partial charge on any atom is 0.184 e. The van der Waals surface area contributed by atoms with E-state index in [9.17, 15) is 0 Å². The van der Waals surface area contributed by atoms with E-state index in [1.807, 2.05) is 6.07 Å². The van der Waals surface area contributed by atoms with Crippen molar-refractivity contribution in [1.82, 2.24) is 15.2 Å². The lowest BCUT2D eigenvalue weighted by atomic mass is 10.5. The molecule has 0 aliphatic heterocycles. The minimum absolute atomic E-state index is 0.632. The van der Waals surface area contributed by atoms with Crippen molar-refractivity contribution in [2.45, 2.75) is 9.37 Å². The molecule has 0 amide bonds.